The number of amides is 1. The molecule has 0 unspecified atom stereocenters. The first-order chi connectivity index (χ1) is 19.8. The Labute approximate surface area is 237 Å². The third-order valence-corrected chi connectivity index (χ3v) is 7.35. The number of carbonyl (C=O) groups is 2. The van der Waals surface area contributed by atoms with Crippen molar-refractivity contribution in [3.63, 3.8) is 0 Å². The molecule has 12 heteroatoms. The van der Waals surface area contributed by atoms with Gasteiger partial charge < -0.3 is 14.8 Å². The summed E-state index contributed by atoms with van der Waals surface area (Å²) in [6.45, 7) is 6.86. The van der Waals surface area contributed by atoms with Crippen LogP contribution < -0.4 is 10.5 Å². The van der Waals surface area contributed by atoms with Gasteiger partial charge >= 0.3 is 12.1 Å². The average molecular weight is 576 g/mol. The van der Waals surface area contributed by atoms with E-state index in [0.717, 1.165) is 35.6 Å². The quantitative estimate of drug-likeness (QED) is 0.272. The molecular formula is C30H27F2N5O5. The van der Waals surface area contributed by atoms with E-state index < -0.39 is 40.4 Å². The van der Waals surface area contributed by atoms with Gasteiger partial charge in [-0.25, -0.2) is 28.3 Å². The molecule has 1 aliphatic rings. The van der Waals surface area contributed by atoms with Gasteiger partial charge in [0.25, 0.3) is 5.56 Å². The van der Waals surface area contributed by atoms with Crippen molar-refractivity contribution in [2.75, 3.05) is 11.9 Å². The van der Waals surface area contributed by atoms with Gasteiger partial charge in [0.1, 0.15) is 22.5 Å². The van der Waals surface area contributed by atoms with Crippen LogP contribution in [0, 0.1) is 18.6 Å². The summed E-state index contributed by atoms with van der Waals surface area (Å²) < 4.78 is 37.4. The van der Waals surface area contributed by atoms with Crippen LogP contribution in [0.15, 0.2) is 35.5 Å². The van der Waals surface area contributed by atoms with Crippen LogP contribution in [0.25, 0.3) is 38.7 Å². The fourth-order valence-electron chi connectivity index (χ4n) is 5.33. The fourth-order valence-corrected chi connectivity index (χ4v) is 5.33. The van der Waals surface area contributed by atoms with E-state index in [9.17, 15) is 19.5 Å². The molecule has 0 bridgehead atoms. The lowest BCUT2D eigenvalue weighted by Crippen LogP contribution is -2.34. The summed E-state index contributed by atoms with van der Waals surface area (Å²) >= 11 is 0. The number of pyridine rings is 2. The molecule has 0 aliphatic heterocycles. The Morgan fingerprint density at radius 2 is 1.86 bits per heavy atom. The highest BCUT2D eigenvalue weighted by molar-refractivity contribution is 6.15. The lowest BCUT2D eigenvalue weighted by atomic mass is 9.94. The Bertz CT molecular complexity index is 2040. The summed E-state index contributed by atoms with van der Waals surface area (Å²) in [4.78, 5) is 50.3. The molecule has 1 saturated carbocycles. The molecule has 0 saturated heterocycles. The van der Waals surface area contributed by atoms with E-state index in [1.165, 1.54) is 17.6 Å². The summed E-state index contributed by atoms with van der Waals surface area (Å²) in [6, 6.07) is 2.74. The fraction of sp³-hybridized carbons (Fsp3) is 0.300. The maximum Gasteiger partial charge on any atom is 0.414 e. The van der Waals surface area contributed by atoms with Crippen LogP contribution in [0.4, 0.5) is 19.3 Å². The molecule has 0 radical (unpaired) electrons. The predicted molar refractivity (Wildman–Crippen MR) is 152 cm³/mol. The van der Waals surface area contributed by atoms with Crippen molar-refractivity contribution >= 4 is 45.3 Å². The van der Waals surface area contributed by atoms with Crippen molar-refractivity contribution in [2.45, 2.75) is 52.1 Å². The summed E-state index contributed by atoms with van der Waals surface area (Å²) in [7, 11) is 1.42. The second-order valence-corrected chi connectivity index (χ2v) is 11.6. The number of carboxylic acids is 1. The monoisotopic (exact) mass is 575 g/mol. The molecule has 0 atom stereocenters. The van der Waals surface area contributed by atoms with Crippen LogP contribution >= 0.6 is 0 Å². The van der Waals surface area contributed by atoms with E-state index in [2.05, 4.69) is 15.0 Å². The zero-order valence-electron chi connectivity index (χ0n) is 23.5. The molecule has 0 spiro atoms. The van der Waals surface area contributed by atoms with E-state index in [1.54, 1.807) is 40.0 Å². The van der Waals surface area contributed by atoms with Gasteiger partial charge in [-0.3, -0.25) is 14.1 Å². The topological polar surface area (TPSA) is 130 Å². The number of carboxylic acid groups (broad SMARTS) is 1. The van der Waals surface area contributed by atoms with Gasteiger partial charge in [-0.15, -0.1) is 0 Å². The lowest BCUT2D eigenvalue weighted by molar-refractivity contribution is 0.0588. The normalized spacial score (nSPS) is 13.7. The minimum Gasteiger partial charge on any atom is -0.477 e. The smallest absolute Gasteiger partial charge is 0.414 e. The first-order valence-electron chi connectivity index (χ1n) is 13.3. The summed E-state index contributed by atoms with van der Waals surface area (Å²) in [5.74, 6) is -3.61. The van der Waals surface area contributed by atoms with Gasteiger partial charge in [-0.05, 0) is 63.6 Å². The third-order valence-electron chi connectivity index (χ3n) is 7.35. The number of fused-ring (bicyclic) bond motifs is 4. The number of aryl methyl sites for hydroxylation is 1. The second kappa shape index (κ2) is 9.33. The van der Waals surface area contributed by atoms with Crippen molar-refractivity contribution in [3.05, 3.63) is 69.4 Å². The van der Waals surface area contributed by atoms with Crippen LogP contribution in [0.2, 0.25) is 0 Å². The molecule has 42 heavy (non-hydrogen) atoms. The van der Waals surface area contributed by atoms with Gasteiger partial charge in [0.05, 0.1) is 16.6 Å². The second-order valence-electron chi connectivity index (χ2n) is 11.6. The SMILES string of the molecule is Cc1cc(-c2cnc3[nH]c4c(N(C)C(=O)OC(C)(C)C)cc(F)c(F)c4c3c2C2CC2)cn2c(=O)c(C(=O)O)cnc12. The number of halogens is 2. The third kappa shape index (κ3) is 4.34. The first kappa shape index (κ1) is 27.3. The van der Waals surface area contributed by atoms with Crippen LogP contribution in [0.5, 0.6) is 0 Å². The molecule has 10 nitrogen and oxygen atoms in total. The molecule has 4 aromatic heterocycles. The van der Waals surface area contributed by atoms with E-state index in [0.29, 0.717) is 33.4 Å². The van der Waals surface area contributed by atoms with Crippen molar-refractivity contribution in [1.29, 1.82) is 0 Å². The summed E-state index contributed by atoms with van der Waals surface area (Å²) in [6.07, 6.45) is 4.99. The number of H-pyrrole nitrogens is 1. The zero-order chi connectivity index (χ0) is 30.2. The maximum absolute atomic E-state index is 15.7. The number of anilines is 1. The molecule has 1 fully saturated rings. The Morgan fingerprint density at radius 3 is 2.50 bits per heavy atom. The number of rotatable bonds is 4. The Hall–Kier alpha value is -4.87. The van der Waals surface area contributed by atoms with Gasteiger partial charge in [0.2, 0.25) is 0 Å². The first-order valence-corrected chi connectivity index (χ1v) is 13.3. The molecule has 216 valence electrons. The minimum atomic E-state index is -1.39. The van der Waals surface area contributed by atoms with Crippen molar-refractivity contribution in [2.24, 2.45) is 0 Å². The van der Waals surface area contributed by atoms with E-state index in [4.69, 9.17) is 4.74 Å². The van der Waals surface area contributed by atoms with E-state index >= 15 is 8.78 Å². The zero-order valence-corrected chi connectivity index (χ0v) is 23.5. The number of hydrogen-bond donors (Lipinski definition) is 2. The largest absolute Gasteiger partial charge is 0.477 e. The van der Waals surface area contributed by atoms with Crippen LogP contribution in [0.1, 0.15) is 61.0 Å². The number of carbonyl (C=O) groups excluding carboxylic acids is 1. The van der Waals surface area contributed by atoms with Gasteiger partial charge in [0, 0.05) is 48.2 Å². The molecule has 6 rings (SSSR count). The minimum absolute atomic E-state index is 0.00964. The molecule has 4 heterocycles. The standard InChI is InChI=1S/C30H27F2N5O5/c1-13-8-15(12-37-26(13)34-11-17(27(37)38)28(39)40)16-10-33-25-21(20(16)14-6-7-14)22-23(32)18(31)9-19(24(22)35-25)36(5)29(41)42-30(2,3)4/h8-12,14H,6-7H2,1-5H3,(H,33,35)(H,39,40). The average Bonchev–Trinajstić information content (AvgIpc) is 3.68. The number of aromatic nitrogens is 4. The van der Waals surface area contributed by atoms with Crippen molar-refractivity contribution in [3.8, 4) is 11.1 Å². The molecule has 1 aromatic carbocycles. The highest BCUT2D eigenvalue weighted by Crippen LogP contribution is 2.50. The molecule has 1 aliphatic carbocycles. The van der Waals surface area contributed by atoms with Crippen LogP contribution in [-0.4, -0.2) is 49.2 Å². The number of nitrogens with one attached hydrogen (secondary N) is 1. The Morgan fingerprint density at radius 1 is 1.14 bits per heavy atom. The van der Waals surface area contributed by atoms with Crippen LogP contribution in [0.3, 0.4) is 0 Å². The van der Waals surface area contributed by atoms with Gasteiger partial charge in [0.15, 0.2) is 11.6 Å². The summed E-state index contributed by atoms with van der Waals surface area (Å²) in [5, 5.41) is 9.77. The predicted octanol–water partition coefficient (Wildman–Crippen LogP) is 5.92. The van der Waals surface area contributed by atoms with E-state index in [-0.39, 0.29) is 22.5 Å². The number of ether oxygens (including phenoxy) is 1. The number of aromatic amines is 1. The van der Waals surface area contributed by atoms with Crippen molar-refractivity contribution < 1.29 is 28.2 Å². The van der Waals surface area contributed by atoms with E-state index in [1.807, 2.05) is 0 Å². The van der Waals surface area contributed by atoms with Gasteiger partial charge in [-0.2, -0.15) is 0 Å². The molecule has 5 aromatic rings. The lowest BCUT2D eigenvalue weighted by Gasteiger charge is -2.25. The number of nitrogens with zero attached hydrogens (tertiary/aromatic N) is 4. The Kier molecular flexibility index (Phi) is 6.07. The number of hydrogen-bond acceptors (Lipinski definition) is 6. The Balaban J connectivity index is 1.63. The number of benzene rings is 1. The molecule has 2 N–H and O–H groups in total. The summed E-state index contributed by atoms with van der Waals surface area (Å²) in [5.41, 5.74) is 1.31. The highest BCUT2D eigenvalue weighted by atomic mass is 19.2. The van der Waals surface area contributed by atoms with Gasteiger partial charge in [-0.1, -0.05) is 0 Å². The van der Waals surface area contributed by atoms with Crippen LogP contribution in [-0.2, 0) is 4.74 Å². The molecule has 1 amide bonds. The highest BCUT2D eigenvalue weighted by Gasteiger charge is 2.33. The molecular weight excluding hydrogens is 548 g/mol. The maximum atomic E-state index is 15.7. The number of aromatic carboxylic acids is 1. The van der Waals surface area contributed by atoms with Crippen molar-refractivity contribution in [1.82, 2.24) is 19.4 Å².